The number of carboxylic acids is 1. The molecule has 2 aromatic rings. The summed E-state index contributed by atoms with van der Waals surface area (Å²) in [6.45, 7) is 0.726. The fourth-order valence-corrected chi connectivity index (χ4v) is 2.15. The summed E-state index contributed by atoms with van der Waals surface area (Å²) in [7, 11) is 0. The van der Waals surface area contributed by atoms with Gasteiger partial charge < -0.3 is 14.3 Å². The predicted molar refractivity (Wildman–Crippen MR) is 63.5 cm³/mol. The molecule has 0 spiro atoms. The van der Waals surface area contributed by atoms with Crippen molar-refractivity contribution >= 4 is 17.1 Å². The molecule has 1 saturated heterocycles. The van der Waals surface area contributed by atoms with Gasteiger partial charge >= 0.3 is 5.97 Å². The number of fused-ring (bicyclic) bond motifs is 1. The first-order valence-electron chi connectivity index (χ1n) is 5.99. The first-order valence-corrected chi connectivity index (χ1v) is 5.99. The zero-order valence-corrected chi connectivity index (χ0v) is 9.76. The standard InChI is InChI=1S/C13H13NO4/c15-13(16)8-4-5-9-11(7-8)18-12(14-9)10-3-1-2-6-17-10/h4-5,7,10H,1-3,6H2,(H,15,16). The third-order valence-corrected chi connectivity index (χ3v) is 3.11. The molecular weight excluding hydrogens is 234 g/mol. The van der Waals surface area contributed by atoms with Crippen molar-refractivity contribution in [2.24, 2.45) is 0 Å². The molecule has 2 heterocycles. The highest BCUT2D eigenvalue weighted by atomic mass is 16.5. The second kappa shape index (κ2) is 4.42. The van der Waals surface area contributed by atoms with Crippen LogP contribution in [0.3, 0.4) is 0 Å². The van der Waals surface area contributed by atoms with Gasteiger partial charge in [0.05, 0.1) is 5.56 Å². The average molecular weight is 247 g/mol. The van der Waals surface area contributed by atoms with Crippen molar-refractivity contribution in [3.05, 3.63) is 29.7 Å². The van der Waals surface area contributed by atoms with Gasteiger partial charge in [0.2, 0.25) is 5.89 Å². The smallest absolute Gasteiger partial charge is 0.335 e. The Hall–Kier alpha value is -1.88. The van der Waals surface area contributed by atoms with E-state index >= 15 is 0 Å². The van der Waals surface area contributed by atoms with Crippen LogP contribution >= 0.6 is 0 Å². The van der Waals surface area contributed by atoms with E-state index in [2.05, 4.69) is 4.98 Å². The quantitative estimate of drug-likeness (QED) is 0.883. The molecule has 1 N–H and O–H groups in total. The summed E-state index contributed by atoms with van der Waals surface area (Å²) in [5.74, 6) is -0.420. The van der Waals surface area contributed by atoms with Gasteiger partial charge in [-0.15, -0.1) is 0 Å². The lowest BCUT2D eigenvalue weighted by Gasteiger charge is -2.19. The minimum absolute atomic E-state index is 0.0978. The molecule has 1 aliphatic rings. The lowest BCUT2D eigenvalue weighted by molar-refractivity contribution is -0.000553. The molecule has 5 nitrogen and oxygen atoms in total. The molecule has 0 radical (unpaired) electrons. The number of hydrogen-bond acceptors (Lipinski definition) is 4. The fourth-order valence-electron chi connectivity index (χ4n) is 2.15. The Labute approximate surface area is 103 Å². The molecule has 18 heavy (non-hydrogen) atoms. The molecule has 3 rings (SSSR count). The lowest BCUT2D eigenvalue weighted by Crippen LogP contribution is -2.11. The van der Waals surface area contributed by atoms with E-state index < -0.39 is 5.97 Å². The molecule has 0 saturated carbocycles. The van der Waals surface area contributed by atoms with E-state index in [-0.39, 0.29) is 11.7 Å². The van der Waals surface area contributed by atoms with Gasteiger partial charge in [-0.25, -0.2) is 9.78 Å². The SMILES string of the molecule is O=C(O)c1ccc2nc(C3CCCCO3)oc2c1. The number of oxazole rings is 1. The Kier molecular flexibility index (Phi) is 2.76. The molecular formula is C13H13NO4. The van der Waals surface area contributed by atoms with Crippen molar-refractivity contribution in [1.29, 1.82) is 0 Å². The third-order valence-electron chi connectivity index (χ3n) is 3.11. The van der Waals surface area contributed by atoms with Crippen LogP contribution in [0.4, 0.5) is 0 Å². The second-order valence-corrected chi connectivity index (χ2v) is 4.39. The minimum Gasteiger partial charge on any atom is -0.478 e. The van der Waals surface area contributed by atoms with Crippen molar-refractivity contribution in [3.8, 4) is 0 Å². The molecule has 0 aliphatic carbocycles. The van der Waals surface area contributed by atoms with Crippen molar-refractivity contribution in [2.75, 3.05) is 6.61 Å². The number of rotatable bonds is 2. The number of nitrogens with zero attached hydrogens (tertiary/aromatic N) is 1. The number of hydrogen-bond donors (Lipinski definition) is 1. The van der Waals surface area contributed by atoms with Crippen LogP contribution in [-0.2, 0) is 4.74 Å². The van der Waals surface area contributed by atoms with Crippen molar-refractivity contribution in [3.63, 3.8) is 0 Å². The number of benzene rings is 1. The van der Waals surface area contributed by atoms with Gasteiger partial charge in [-0.1, -0.05) is 0 Å². The summed E-state index contributed by atoms with van der Waals surface area (Å²) in [4.78, 5) is 15.2. The van der Waals surface area contributed by atoms with E-state index in [0.29, 0.717) is 17.0 Å². The molecule has 5 heteroatoms. The van der Waals surface area contributed by atoms with Gasteiger partial charge in [0, 0.05) is 6.61 Å². The third kappa shape index (κ3) is 1.97. The first-order chi connectivity index (χ1) is 8.74. The molecule has 1 aromatic carbocycles. The number of aromatic carboxylic acids is 1. The van der Waals surface area contributed by atoms with E-state index in [1.165, 1.54) is 12.1 Å². The van der Waals surface area contributed by atoms with E-state index in [4.69, 9.17) is 14.3 Å². The van der Waals surface area contributed by atoms with Gasteiger partial charge in [0.25, 0.3) is 0 Å². The van der Waals surface area contributed by atoms with Crippen molar-refractivity contribution in [2.45, 2.75) is 25.4 Å². The highest BCUT2D eigenvalue weighted by Gasteiger charge is 2.21. The molecule has 0 amide bonds. The summed E-state index contributed by atoms with van der Waals surface area (Å²) < 4.78 is 11.2. The number of carboxylic acid groups (broad SMARTS) is 1. The maximum atomic E-state index is 10.9. The molecule has 1 aromatic heterocycles. The van der Waals surface area contributed by atoms with Crippen LogP contribution in [0, 0.1) is 0 Å². The lowest BCUT2D eigenvalue weighted by atomic mass is 10.1. The number of carbonyl (C=O) groups is 1. The highest BCUT2D eigenvalue weighted by Crippen LogP contribution is 2.29. The van der Waals surface area contributed by atoms with E-state index in [1.54, 1.807) is 6.07 Å². The Morgan fingerprint density at radius 2 is 2.28 bits per heavy atom. The molecule has 1 fully saturated rings. The van der Waals surface area contributed by atoms with E-state index in [1.807, 2.05) is 0 Å². The Morgan fingerprint density at radius 1 is 1.39 bits per heavy atom. The Morgan fingerprint density at radius 3 is 3.00 bits per heavy atom. The molecule has 94 valence electrons. The van der Waals surface area contributed by atoms with E-state index in [0.717, 1.165) is 25.9 Å². The van der Waals surface area contributed by atoms with Gasteiger partial charge in [-0.2, -0.15) is 0 Å². The normalized spacial score (nSPS) is 20.1. The van der Waals surface area contributed by atoms with Gasteiger partial charge in [0.1, 0.15) is 11.6 Å². The van der Waals surface area contributed by atoms with Crippen LogP contribution in [0.25, 0.3) is 11.1 Å². The topological polar surface area (TPSA) is 72.6 Å². The van der Waals surface area contributed by atoms with Gasteiger partial charge in [-0.3, -0.25) is 0 Å². The zero-order chi connectivity index (χ0) is 12.5. The zero-order valence-electron chi connectivity index (χ0n) is 9.76. The summed E-state index contributed by atoms with van der Waals surface area (Å²) in [5.41, 5.74) is 1.37. The van der Waals surface area contributed by atoms with Crippen molar-refractivity contribution in [1.82, 2.24) is 4.98 Å². The van der Waals surface area contributed by atoms with Crippen LogP contribution in [0.15, 0.2) is 22.6 Å². The number of ether oxygens (including phenoxy) is 1. The maximum Gasteiger partial charge on any atom is 0.335 e. The van der Waals surface area contributed by atoms with Crippen LogP contribution in [-0.4, -0.2) is 22.7 Å². The highest BCUT2D eigenvalue weighted by molar-refractivity contribution is 5.91. The monoisotopic (exact) mass is 247 g/mol. The fraction of sp³-hybridized carbons (Fsp3) is 0.385. The summed E-state index contributed by atoms with van der Waals surface area (Å²) in [6, 6.07) is 4.68. The molecule has 1 atom stereocenters. The Bertz CT molecular complexity index is 584. The molecule has 1 aliphatic heterocycles. The largest absolute Gasteiger partial charge is 0.478 e. The summed E-state index contributed by atoms with van der Waals surface area (Å²) in [5, 5.41) is 8.91. The van der Waals surface area contributed by atoms with Crippen LogP contribution in [0.5, 0.6) is 0 Å². The Balaban J connectivity index is 1.97. The van der Waals surface area contributed by atoms with Crippen LogP contribution < -0.4 is 0 Å². The molecule has 0 bridgehead atoms. The second-order valence-electron chi connectivity index (χ2n) is 4.39. The van der Waals surface area contributed by atoms with Gasteiger partial charge in [0.15, 0.2) is 5.58 Å². The average Bonchev–Trinajstić information content (AvgIpc) is 2.82. The minimum atomic E-state index is -0.969. The summed E-state index contributed by atoms with van der Waals surface area (Å²) in [6.07, 6.45) is 2.97. The van der Waals surface area contributed by atoms with Crippen LogP contribution in [0.2, 0.25) is 0 Å². The van der Waals surface area contributed by atoms with Crippen LogP contribution in [0.1, 0.15) is 41.6 Å². The number of aromatic nitrogens is 1. The van der Waals surface area contributed by atoms with Gasteiger partial charge in [-0.05, 0) is 37.5 Å². The molecule has 1 unspecified atom stereocenters. The predicted octanol–water partition coefficient (Wildman–Crippen LogP) is 2.77. The first kappa shape index (κ1) is 11.2. The summed E-state index contributed by atoms with van der Waals surface area (Å²) >= 11 is 0. The van der Waals surface area contributed by atoms with Crippen molar-refractivity contribution < 1.29 is 19.1 Å². The van der Waals surface area contributed by atoms with E-state index in [9.17, 15) is 4.79 Å². The maximum absolute atomic E-state index is 10.9.